The van der Waals surface area contributed by atoms with Crippen molar-refractivity contribution in [3.05, 3.63) is 0 Å². The van der Waals surface area contributed by atoms with E-state index < -0.39 is 5.60 Å². The second-order valence-corrected chi connectivity index (χ2v) is 4.58. The molecule has 1 aliphatic rings. The molecule has 1 fully saturated rings. The zero-order valence-corrected chi connectivity index (χ0v) is 9.05. The molecule has 78 valence electrons. The lowest BCUT2D eigenvalue weighted by Crippen LogP contribution is -2.46. The molecule has 2 heteroatoms. The SMILES string of the molecule is CCCCCN1CCCC(C)(O)C1. The maximum Gasteiger partial charge on any atom is 0.0746 e. The van der Waals surface area contributed by atoms with Crippen molar-refractivity contribution in [3.8, 4) is 0 Å². The van der Waals surface area contributed by atoms with Gasteiger partial charge >= 0.3 is 0 Å². The van der Waals surface area contributed by atoms with Gasteiger partial charge in [0, 0.05) is 6.54 Å². The lowest BCUT2D eigenvalue weighted by molar-refractivity contribution is -0.0157. The third-order valence-corrected chi connectivity index (χ3v) is 2.83. The summed E-state index contributed by atoms with van der Waals surface area (Å²) < 4.78 is 0. The van der Waals surface area contributed by atoms with Crippen molar-refractivity contribution in [1.82, 2.24) is 4.90 Å². The Balaban J connectivity index is 2.19. The van der Waals surface area contributed by atoms with Crippen LogP contribution in [0.5, 0.6) is 0 Å². The molecule has 1 rings (SSSR count). The van der Waals surface area contributed by atoms with Crippen molar-refractivity contribution >= 4 is 0 Å². The van der Waals surface area contributed by atoms with Crippen LogP contribution < -0.4 is 0 Å². The van der Waals surface area contributed by atoms with E-state index in [9.17, 15) is 5.11 Å². The summed E-state index contributed by atoms with van der Waals surface area (Å²) in [7, 11) is 0. The van der Waals surface area contributed by atoms with Gasteiger partial charge in [0.15, 0.2) is 0 Å². The number of rotatable bonds is 4. The maximum absolute atomic E-state index is 9.86. The third-order valence-electron chi connectivity index (χ3n) is 2.83. The summed E-state index contributed by atoms with van der Waals surface area (Å²) in [4.78, 5) is 2.40. The number of hydrogen-bond acceptors (Lipinski definition) is 2. The van der Waals surface area contributed by atoms with Crippen LogP contribution in [0.15, 0.2) is 0 Å². The fourth-order valence-electron chi connectivity index (χ4n) is 2.10. The number of piperidine rings is 1. The van der Waals surface area contributed by atoms with Crippen LogP contribution in [0.4, 0.5) is 0 Å². The number of unbranched alkanes of at least 4 members (excludes halogenated alkanes) is 2. The number of β-amino-alcohol motifs (C(OH)–C–C–N with tert-alkyl or cyclic N) is 1. The van der Waals surface area contributed by atoms with Crippen LogP contribution in [0.2, 0.25) is 0 Å². The molecule has 1 saturated heterocycles. The minimum atomic E-state index is -0.426. The number of hydrogen-bond donors (Lipinski definition) is 1. The highest BCUT2D eigenvalue weighted by Gasteiger charge is 2.27. The van der Waals surface area contributed by atoms with E-state index in [0.717, 1.165) is 19.4 Å². The highest BCUT2D eigenvalue weighted by molar-refractivity contribution is 4.82. The second-order valence-electron chi connectivity index (χ2n) is 4.58. The molecule has 1 aliphatic heterocycles. The number of nitrogens with zero attached hydrogens (tertiary/aromatic N) is 1. The topological polar surface area (TPSA) is 23.5 Å². The summed E-state index contributed by atoms with van der Waals surface area (Å²) in [5, 5.41) is 9.86. The average molecular weight is 185 g/mol. The average Bonchev–Trinajstić information content (AvgIpc) is 2.03. The molecule has 0 aromatic rings. The molecule has 0 bridgehead atoms. The fraction of sp³-hybridized carbons (Fsp3) is 1.00. The molecule has 0 saturated carbocycles. The molecule has 0 aliphatic carbocycles. The van der Waals surface area contributed by atoms with Crippen molar-refractivity contribution in [3.63, 3.8) is 0 Å². The Bertz CT molecular complexity index is 145. The number of likely N-dealkylation sites (tertiary alicyclic amines) is 1. The molecule has 0 aromatic carbocycles. The van der Waals surface area contributed by atoms with Gasteiger partial charge in [0.1, 0.15) is 0 Å². The van der Waals surface area contributed by atoms with Gasteiger partial charge < -0.3 is 10.0 Å². The van der Waals surface area contributed by atoms with E-state index in [-0.39, 0.29) is 0 Å². The van der Waals surface area contributed by atoms with E-state index in [2.05, 4.69) is 11.8 Å². The van der Waals surface area contributed by atoms with E-state index >= 15 is 0 Å². The predicted octanol–water partition coefficient (Wildman–Crippen LogP) is 2.02. The van der Waals surface area contributed by atoms with Gasteiger partial charge in [0.05, 0.1) is 5.60 Å². The second kappa shape index (κ2) is 4.97. The molecule has 0 spiro atoms. The first-order chi connectivity index (χ1) is 6.14. The lowest BCUT2D eigenvalue weighted by Gasteiger charge is -2.36. The van der Waals surface area contributed by atoms with Gasteiger partial charge in [-0.15, -0.1) is 0 Å². The Morgan fingerprint density at radius 3 is 2.77 bits per heavy atom. The summed E-state index contributed by atoms with van der Waals surface area (Å²) in [6, 6.07) is 0. The van der Waals surface area contributed by atoms with Gasteiger partial charge in [0.2, 0.25) is 0 Å². The Morgan fingerprint density at radius 1 is 1.38 bits per heavy atom. The first-order valence-electron chi connectivity index (χ1n) is 5.59. The van der Waals surface area contributed by atoms with E-state index in [1.165, 1.54) is 32.4 Å². The molecule has 1 atom stereocenters. The lowest BCUT2D eigenvalue weighted by atomic mass is 9.95. The standard InChI is InChI=1S/C11H23NO/c1-3-4-5-8-12-9-6-7-11(2,13)10-12/h13H,3-10H2,1-2H3. The maximum atomic E-state index is 9.86. The van der Waals surface area contributed by atoms with Crippen LogP contribution in [0.25, 0.3) is 0 Å². The Kier molecular flexibility index (Phi) is 4.20. The number of aliphatic hydroxyl groups is 1. The molecule has 1 N–H and O–H groups in total. The van der Waals surface area contributed by atoms with Crippen LogP contribution in [0, 0.1) is 0 Å². The Hall–Kier alpha value is -0.0800. The predicted molar refractivity (Wildman–Crippen MR) is 55.8 cm³/mol. The minimum absolute atomic E-state index is 0.426. The molecular formula is C11H23NO. The molecule has 2 nitrogen and oxygen atoms in total. The molecular weight excluding hydrogens is 162 g/mol. The van der Waals surface area contributed by atoms with Gasteiger partial charge in [0.25, 0.3) is 0 Å². The molecule has 1 unspecified atom stereocenters. The van der Waals surface area contributed by atoms with E-state index in [0.29, 0.717) is 0 Å². The molecule has 13 heavy (non-hydrogen) atoms. The van der Waals surface area contributed by atoms with Gasteiger partial charge in [-0.1, -0.05) is 19.8 Å². The Labute approximate surface area is 81.9 Å². The van der Waals surface area contributed by atoms with Gasteiger partial charge in [-0.3, -0.25) is 0 Å². The van der Waals surface area contributed by atoms with E-state index in [4.69, 9.17) is 0 Å². The van der Waals surface area contributed by atoms with Crippen LogP contribution in [0.1, 0.15) is 46.0 Å². The van der Waals surface area contributed by atoms with Crippen LogP contribution in [0.3, 0.4) is 0 Å². The first-order valence-corrected chi connectivity index (χ1v) is 5.59. The zero-order chi connectivity index (χ0) is 9.73. The van der Waals surface area contributed by atoms with Gasteiger partial charge in [-0.2, -0.15) is 0 Å². The quantitative estimate of drug-likeness (QED) is 0.677. The fourth-order valence-corrected chi connectivity index (χ4v) is 2.10. The van der Waals surface area contributed by atoms with Crippen molar-refractivity contribution in [1.29, 1.82) is 0 Å². The summed E-state index contributed by atoms with van der Waals surface area (Å²) in [5.74, 6) is 0. The summed E-state index contributed by atoms with van der Waals surface area (Å²) in [6.45, 7) is 7.41. The summed E-state index contributed by atoms with van der Waals surface area (Å²) >= 11 is 0. The molecule has 0 aromatic heterocycles. The van der Waals surface area contributed by atoms with Crippen LogP contribution >= 0.6 is 0 Å². The molecule has 1 heterocycles. The first kappa shape index (κ1) is 11.0. The minimum Gasteiger partial charge on any atom is -0.389 e. The van der Waals surface area contributed by atoms with Crippen molar-refractivity contribution in [2.75, 3.05) is 19.6 Å². The van der Waals surface area contributed by atoms with Gasteiger partial charge in [-0.05, 0) is 39.3 Å². The van der Waals surface area contributed by atoms with Crippen molar-refractivity contribution in [2.24, 2.45) is 0 Å². The zero-order valence-electron chi connectivity index (χ0n) is 9.05. The van der Waals surface area contributed by atoms with E-state index in [1.54, 1.807) is 0 Å². The normalized spacial score (nSPS) is 30.7. The smallest absolute Gasteiger partial charge is 0.0746 e. The molecule has 0 radical (unpaired) electrons. The van der Waals surface area contributed by atoms with Crippen LogP contribution in [-0.4, -0.2) is 35.2 Å². The van der Waals surface area contributed by atoms with Gasteiger partial charge in [-0.25, -0.2) is 0 Å². The molecule has 0 amide bonds. The highest BCUT2D eigenvalue weighted by Crippen LogP contribution is 2.20. The summed E-state index contributed by atoms with van der Waals surface area (Å²) in [5.41, 5.74) is -0.426. The van der Waals surface area contributed by atoms with Crippen LogP contribution in [-0.2, 0) is 0 Å². The van der Waals surface area contributed by atoms with Crippen molar-refractivity contribution < 1.29 is 5.11 Å². The largest absolute Gasteiger partial charge is 0.389 e. The van der Waals surface area contributed by atoms with E-state index in [1.807, 2.05) is 6.92 Å². The third kappa shape index (κ3) is 4.10. The monoisotopic (exact) mass is 185 g/mol. The highest BCUT2D eigenvalue weighted by atomic mass is 16.3. The Morgan fingerprint density at radius 2 is 2.15 bits per heavy atom. The summed E-state index contributed by atoms with van der Waals surface area (Å²) in [6.07, 6.45) is 6.01. The van der Waals surface area contributed by atoms with Crippen molar-refractivity contribution in [2.45, 2.75) is 51.6 Å².